The Labute approximate surface area is 101 Å². The van der Waals surface area contributed by atoms with E-state index in [1.54, 1.807) is 0 Å². The summed E-state index contributed by atoms with van der Waals surface area (Å²) < 4.78 is 39.2. The summed E-state index contributed by atoms with van der Waals surface area (Å²) in [6.07, 6.45) is -5.33. The molecule has 2 N–H and O–H groups in total. The number of carbonyl (C=O) groups is 1. The Morgan fingerprint density at radius 3 is 2.61 bits per heavy atom. The van der Waals surface area contributed by atoms with Crippen molar-refractivity contribution in [3.8, 4) is 0 Å². The van der Waals surface area contributed by atoms with E-state index in [2.05, 4.69) is 10.4 Å². The second-order valence-electron chi connectivity index (χ2n) is 4.14. The average molecular weight is 262 g/mol. The number of fused-ring (bicyclic) bond motifs is 1. The zero-order valence-electron chi connectivity index (χ0n) is 9.93. The second kappa shape index (κ2) is 4.18. The highest BCUT2D eigenvalue weighted by Gasteiger charge is 2.45. The van der Waals surface area contributed by atoms with Crippen molar-refractivity contribution in [2.45, 2.75) is 32.1 Å². The van der Waals surface area contributed by atoms with E-state index in [0.717, 1.165) is 6.42 Å². The first-order valence-corrected chi connectivity index (χ1v) is 5.54. The molecule has 0 aromatic carbocycles. The molecule has 0 radical (unpaired) electrons. The number of anilines is 1. The van der Waals surface area contributed by atoms with Crippen molar-refractivity contribution in [3.63, 3.8) is 0 Å². The highest BCUT2D eigenvalue weighted by atomic mass is 19.4. The Balaban J connectivity index is 2.42. The Bertz CT molecular complexity index is 480. The van der Waals surface area contributed by atoms with Crippen molar-refractivity contribution in [2.24, 2.45) is 7.05 Å². The molecule has 0 saturated carbocycles. The molecule has 2 rings (SSSR count). The Kier molecular flexibility index (Phi) is 2.95. The van der Waals surface area contributed by atoms with Crippen molar-refractivity contribution in [3.05, 3.63) is 11.4 Å². The SMILES string of the molecule is CCCc1nn(C)c2c1NC(C(F)(F)F)NC2=O. The summed E-state index contributed by atoms with van der Waals surface area (Å²) in [6, 6.07) is 0. The molecule has 1 unspecified atom stereocenters. The van der Waals surface area contributed by atoms with Gasteiger partial charge in [0.1, 0.15) is 5.69 Å². The fraction of sp³-hybridized carbons (Fsp3) is 0.600. The first-order chi connectivity index (χ1) is 8.34. The van der Waals surface area contributed by atoms with Crippen molar-refractivity contribution >= 4 is 11.6 Å². The van der Waals surface area contributed by atoms with Gasteiger partial charge in [-0.05, 0) is 6.42 Å². The van der Waals surface area contributed by atoms with Crippen LogP contribution in [0.1, 0.15) is 29.5 Å². The van der Waals surface area contributed by atoms with Gasteiger partial charge in [-0.2, -0.15) is 18.3 Å². The average Bonchev–Trinajstić information content (AvgIpc) is 2.55. The van der Waals surface area contributed by atoms with Gasteiger partial charge in [0.05, 0.1) is 11.4 Å². The monoisotopic (exact) mass is 262 g/mol. The molecule has 0 saturated heterocycles. The van der Waals surface area contributed by atoms with Gasteiger partial charge >= 0.3 is 6.18 Å². The summed E-state index contributed by atoms with van der Waals surface area (Å²) in [7, 11) is 1.53. The smallest absolute Gasteiger partial charge is 0.354 e. The number of hydrogen-bond acceptors (Lipinski definition) is 3. The largest absolute Gasteiger partial charge is 0.427 e. The number of aromatic nitrogens is 2. The number of alkyl halides is 3. The summed E-state index contributed by atoms with van der Waals surface area (Å²) in [4.78, 5) is 11.7. The van der Waals surface area contributed by atoms with Crippen LogP contribution in [-0.4, -0.2) is 28.0 Å². The van der Waals surface area contributed by atoms with E-state index in [1.807, 2.05) is 12.2 Å². The molecule has 1 aliphatic heterocycles. The van der Waals surface area contributed by atoms with Crippen molar-refractivity contribution in [1.29, 1.82) is 0 Å². The highest BCUT2D eigenvalue weighted by Crippen LogP contribution is 2.30. The van der Waals surface area contributed by atoms with Crippen LogP contribution < -0.4 is 10.6 Å². The van der Waals surface area contributed by atoms with Crippen molar-refractivity contribution < 1.29 is 18.0 Å². The zero-order valence-corrected chi connectivity index (χ0v) is 9.93. The van der Waals surface area contributed by atoms with Crippen molar-refractivity contribution in [2.75, 3.05) is 5.32 Å². The number of carbonyl (C=O) groups excluding carboxylic acids is 1. The number of amides is 1. The second-order valence-corrected chi connectivity index (χ2v) is 4.14. The van der Waals surface area contributed by atoms with E-state index in [0.29, 0.717) is 12.1 Å². The first kappa shape index (κ1) is 12.7. The maximum absolute atomic E-state index is 12.6. The van der Waals surface area contributed by atoms with Gasteiger partial charge < -0.3 is 10.6 Å². The molecule has 100 valence electrons. The third kappa shape index (κ3) is 2.02. The molecule has 5 nitrogen and oxygen atoms in total. The number of hydrogen-bond donors (Lipinski definition) is 2. The van der Waals surface area contributed by atoms with Gasteiger partial charge in [-0.25, -0.2) is 0 Å². The third-order valence-electron chi connectivity index (χ3n) is 2.71. The van der Waals surface area contributed by atoms with Gasteiger partial charge in [0.15, 0.2) is 6.17 Å². The van der Waals surface area contributed by atoms with E-state index in [4.69, 9.17) is 0 Å². The molecule has 0 aliphatic carbocycles. The quantitative estimate of drug-likeness (QED) is 0.847. The van der Waals surface area contributed by atoms with E-state index < -0.39 is 18.2 Å². The molecule has 8 heteroatoms. The fourth-order valence-electron chi connectivity index (χ4n) is 1.95. The van der Waals surface area contributed by atoms with Crippen LogP contribution in [0.2, 0.25) is 0 Å². The van der Waals surface area contributed by atoms with Gasteiger partial charge in [0, 0.05) is 7.05 Å². The lowest BCUT2D eigenvalue weighted by molar-refractivity contribution is -0.147. The molecular weight excluding hydrogens is 249 g/mol. The highest BCUT2D eigenvalue weighted by molar-refractivity contribution is 6.00. The van der Waals surface area contributed by atoms with Gasteiger partial charge in [-0.1, -0.05) is 13.3 Å². The van der Waals surface area contributed by atoms with Crippen LogP contribution in [0, 0.1) is 0 Å². The maximum Gasteiger partial charge on any atom is 0.427 e. The molecule has 0 bridgehead atoms. The van der Waals surface area contributed by atoms with E-state index in [-0.39, 0.29) is 11.4 Å². The number of halogens is 3. The zero-order chi connectivity index (χ0) is 13.5. The van der Waals surface area contributed by atoms with E-state index >= 15 is 0 Å². The molecule has 1 aromatic rings. The molecule has 1 aliphatic rings. The predicted molar refractivity (Wildman–Crippen MR) is 58.1 cm³/mol. The van der Waals surface area contributed by atoms with Gasteiger partial charge in [0.2, 0.25) is 0 Å². The standard InChI is InChI=1S/C10H13F3N4O/c1-3-4-5-6-7(17(2)16-5)8(18)15-9(14-6)10(11,12)13/h9,14H,3-4H2,1-2H3,(H,15,18). The first-order valence-electron chi connectivity index (χ1n) is 5.54. The molecule has 1 amide bonds. The minimum atomic E-state index is -4.54. The van der Waals surface area contributed by atoms with Crippen LogP contribution in [0.4, 0.5) is 18.9 Å². The number of aryl methyl sites for hydroxylation is 2. The Hall–Kier alpha value is -1.73. The number of rotatable bonds is 2. The molecule has 1 aromatic heterocycles. The molecule has 0 spiro atoms. The van der Waals surface area contributed by atoms with Crippen LogP contribution >= 0.6 is 0 Å². The maximum atomic E-state index is 12.6. The molecule has 1 atom stereocenters. The van der Waals surface area contributed by atoms with Crippen LogP contribution in [0.5, 0.6) is 0 Å². The van der Waals surface area contributed by atoms with Crippen LogP contribution in [0.15, 0.2) is 0 Å². The van der Waals surface area contributed by atoms with Gasteiger partial charge in [-0.15, -0.1) is 0 Å². The lowest BCUT2D eigenvalue weighted by Gasteiger charge is -2.28. The van der Waals surface area contributed by atoms with Crippen LogP contribution in [-0.2, 0) is 13.5 Å². The minimum Gasteiger partial charge on any atom is -0.354 e. The molecule has 18 heavy (non-hydrogen) atoms. The topological polar surface area (TPSA) is 59.0 Å². The van der Waals surface area contributed by atoms with Gasteiger partial charge in [0.25, 0.3) is 5.91 Å². The Morgan fingerprint density at radius 1 is 1.39 bits per heavy atom. The molecular formula is C10H13F3N4O. The minimum absolute atomic E-state index is 0.138. The predicted octanol–water partition coefficient (Wildman–Crippen LogP) is 1.42. The summed E-state index contributed by atoms with van der Waals surface area (Å²) in [5.41, 5.74) is 0.809. The van der Waals surface area contributed by atoms with Gasteiger partial charge in [-0.3, -0.25) is 9.48 Å². The van der Waals surface area contributed by atoms with Crippen LogP contribution in [0.3, 0.4) is 0 Å². The van der Waals surface area contributed by atoms with Crippen LogP contribution in [0.25, 0.3) is 0 Å². The summed E-state index contributed by atoms with van der Waals surface area (Å²) >= 11 is 0. The molecule has 2 heterocycles. The normalized spacial score (nSPS) is 19.2. The van der Waals surface area contributed by atoms with E-state index in [9.17, 15) is 18.0 Å². The summed E-state index contributed by atoms with van der Waals surface area (Å²) in [6.45, 7) is 1.89. The van der Waals surface area contributed by atoms with E-state index in [1.165, 1.54) is 11.7 Å². The number of nitrogens with zero attached hydrogens (tertiary/aromatic N) is 2. The number of nitrogens with one attached hydrogen (secondary N) is 2. The lowest BCUT2D eigenvalue weighted by Crippen LogP contribution is -2.54. The summed E-state index contributed by atoms with van der Waals surface area (Å²) in [5, 5.41) is 8.25. The third-order valence-corrected chi connectivity index (χ3v) is 2.71. The fourth-order valence-corrected chi connectivity index (χ4v) is 1.95. The summed E-state index contributed by atoms with van der Waals surface area (Å²) in [5.74, 6) is -0.761. The Morgan fingerprint density at radius 2 is 2.06 bits per heavy atom. The lowest BCUT2D eigenvalue weighted by atomic mass is 10.1. The molecule has 0 fully saturated rings. The van der Waals surface area contributed by atoms with Crippen molar-refractivity contribution in [1.82, 2.24) is 15.1 Å².